The van der Waals surface area contributed by atoms with Crippen LogP contribution in [0.5, 0.6) is 0 Å². The second-order valence-corrected chi connectivity index (χ2v) is 6.68. The molecule has 0 saturated heterocycles. The minimum atomic E-state index is -0.138. The Hall–Kier alpha value is -0.150. The molecule has 0 aromatic heterocycles. The van der Waals surface area contributed by atoms with E-state index in [1.54, 1.807) is 23.9 Å². The standard InChI is InChI=1S/C15H21FS2/c16-13-6-5-7-14(10-13)18-12-15(11-17)8-3-1-2-4-9-15/h5-7,10,17H,1-4,8-9,11-12H2. The van der Waals surface area contributed by atoms with E-state index in [0.717, 1.165) is 16.4 Å². The average molecular weight is 284 g/mol. The average Bonchev–Trinajstić information content (AvgIpc) is 2.63. The van der Waals surface area contributed by atoms with Crippen LogP contribution in [0.2, 0.25) is 0 Å². The highest BCUT2D eigenvalue weighted by atomic mass is 32.2. The number of halogens is 1. The van der Waals surface area contributed by atoms with Crippen molar-refractivity contribution in [2.24, 2.45) is 5.41 Å². The van der Waals surface area contributed by atoms with Crippen LogP contribution in [0.15, 0.2) is 29.2 Å². The summed E-state index contributed by atoms with van der Waals surface area (Å²) in [6.07, 6.45) is 7.92. The summed E-state index contributed by atoms with van der Waals surface area (Å²) in [6.45, 7) is 0. The van der Waals surface area contributed by atoms with Gasteiger partial charge in [0.25, 0.3) is 0 Å². The highest BCUT2D eigenvalue weighted by Gasteiger charge is 2.29. The maximum Gasteiger partial charge on any atom is 0.124 e. The van der Waals surface area contributed by atoms with Gasteiger partial charge in [-0.15, -0.1) is 11.8 Å². The minimum absolute atomic E-state index is 0.138. The summed E-state index contributed by atoms with van der Waals surface area (Å²) in [4.78, 5) is 1.04. The molecule has 0 spiro atoms. The van der Waals surface area contributed by atoms with E-state index in [0.29, 0.717) is 5.41 Å². The third-order valence-electron chi connectivity index (χ3n) is 3.84. The summed E-state index contributed by atoms with van der Waals surface area (Å²) in [5, 5.41) is 0. The van der Waals surface area contributed by atoms with Crippen molar-refractivity contribution in [3.63, 3.8) is 0 Å². The largest absolute Gasteiger partial charge is 0.207 e. The van der Waals surface area contributed by atoms with Crippen LogP contribution in [0, 0.1) is 11.2 Å². The van der Waals surface area contributed by atoms with Crippen LogP contribution in [0.1, 0.15) is 38.5 Å². The van der Waals surface area contributed by atoms with E-state index in [9.17, 15) is 4.39 Å². The first kappa shape index (κ1) is 14.3. The van der Waals surface area contributed by atoms with Crippen LogP contribution in [0.3, 0.4) is 0 Å². The molecule has 1 aromatic carbocycles. The van der Waals surface area contributed by atoms with Gasteiger partial charge in [0.05, 0.1) is 0 Å². The molecule has 0 bridgehead atoms. The summed E-state index contributed by atoms with van der Waals surface area (Å²) in [7, 11) is 0. The topological polar surface area (TPSA) is 0 Å². The van der Waals surface area contributed by atoms with Crippen molar-refractivity contribution in [3.05, 3.63) is 30.1 Å². The van der Waals surface area contributed by atoms with Gasteiger partial charge >= 0.3 is 0 Å². The Kier molecular flexibility index (Phi) is 5.43. The summed E-state index contributed by atoms with van der Waals surface area (Å²) >= 11 is 6.36. The normalized spacial score (nSPS) is 19.4. The molecule has 0 N–H and O–H groups in total. The maximum atomic E-state index is 13.1. The van der Waals surface area contributed by atoms with E-state index in [2.05, 4.69) is 12.6 Å². The zero-order valence-electron chi connectivity index (χ0n) is 10.7. The van der Waals surface area contributed by atoms with E-state index < -0.39 is 0 Å². The molecule has 0 radical (unpaired) electrons. The molecule has 1 saturated carbocycles. The molecule has 1 aliphatic rings. The summed E-state index contributed by atoms with van der Waals surface area (Å²) in [6, 6.07) is 6.92. The van der Waals surface area contributed by atoms with Crippen LogP contribution in [0.4, 0.5) is 4.39 Å². The van der Waals surface area contributed by atoms with Crippen LogP contribution >= 0.6 is 24.4 Å². The molecule has 100 valence electrons. The second-order valence-electron chi connectivity index (χ2n) is 5.32. The monoisotopic (exact) mass is 284 g/mol. The molecule has 2 rings (SSSR count). The molecule has 18 heavy (non-hydrogen) atoms. The number of hydrogen-bond donors (Lipinski definition) is 1. The van der Waals surface area contributed by atoms with Gasteiger partial charge in [-0.05, 0) is 42.2 Å². The lowest BCUT2D eigenvalue weighted by Crippen LogP contribution is -2.25. The van der Waals surface area contributed by atoms with Gasteiger partial charge in [-0.25, -0.2) is 4.39 Å². The van der Waals surface area contributed by atoms with Gasteiger partial charge in [-0.1, -0.05) is 31.7 Å². The third kappa shape index (κ3) is 3.92. The smallest absolute Gasteiger partial charge is 0.124 e. The lowest BCUT2D eigenvalue weighted by atomic mass is 9.84. The quantitative estimate of drug-likeness (QED) is 0.451. The van der Waals surface area contributed by atoms with E-state index in [1.165, 1.54) is 44.6 Å². The molecule has 0 unspecified atom stereocenters. The minimum Gasteiger partial charge on any atom is -0.207 e. The van der Waals surface area contributed by atoms with Crippen molar-refractivity contribution in [1.29, 1.82) is 0 Å². The molecule has 0 amide bonds. The van der Waals surface area contributed by atoms with E-state index in [1.807, 2.05) is 6.07 Å². The molecule has 1 fully saturated rings. The SMILES string of the molecule is Fc1cccc(SCC2(CS)CCCCCC2)c1. The molecule has 1 aliphatic carbocycles. The van der Waals surface area contributed by atoms with Crippen LogP contribution in [-0.4, -0.2) is 11.5 Å². The third-order valence-corrected chi connectivity index (χ3v) is 5.86. The molecule has 0 nitrogen and oxygen atoms in total. The fourth-order valence-electron chi connectivity index (χ4n) is 2.62. The maximum absolute atomic E-state index is 13.1. The Morgan fingerprint density at radius 1 is 1.17 bits per heavy atom. The van der Waals surface area contributed by atoms with E-state index >= 15 is 0 Å². The van der Waals surface area contributed by atoms with Crippen molar-refractivity contribution in [3.8, 4) is 0 Å². The Bertz CT molecular complexity index is 371. The summed E-state index contributed by atoms with van der Waals surface area (Å²) in [5.41, 5.74) is 0.358. The van der Waals surface area contributed by atoms with E-state index in [4.69, 9.17) is 0 Å². The van der Waals surface area contributed by atoms with Gasteiger partial charge in [0, 0.05) is 10.6 Å². The Balaban J connectivity index is 1.97. The van der Waals surface area contributed by atoms with Crippen LogP contribution in [0.25, 0.3) is 0 Å². The Morgan fingerprint density at radius 2 is 1.89 bits per heavy atom. The van der Waals surface area contributed by atoms with Gasteiger partial charge in [-0.3, -0.25) is 0 Å². The van der Waals surface area contributed by atoms with Gasteiger partial charge < -0.3 is 0 Å². The molecule has 3 heteroatoms. The fraction of sp³-hybridized carbons (Fsp3) is 0.600. The predicted octanol–water partition coefficient (Wildman–Crippen LogP) is 5.19. The molecular weight excluding hydrogens is 263 g/mol. The first-order valence-corrected chi connectivity index (χ1v) is 8.35. The van der Waals surface area contributed by atoms with E-state index in [-0.39, 0.29) is 5.82 Å². The predicted molar refractivity (Wildman–Crippen MR) is 81.1 cm³/mol. The highest BCUT2D eigenvalue weighted by Crippen LogP contribution is 2.40. The second kappa shape index (κ2) is 6.85. The molecule has 0 atom stereocenters. The van der Waals surface area contributed by atoms with Crippen molar-refractivity contribution in [1.82, 2.24) is 0 Å². The summed E-state index contributed by atoms with van der Waals surface area (Å²) in [5.74, 6) is 1.88. The van der Waals surface area contributed by atoms with Crippen LogP contribution in [-0.2, 0) is 0 Å². The zero-order chi connectivity index (χ0) is 12.8. The van der Waals surface area contributed by atoms with Gasteiger partial charge in [-0.2, -0.15) is 12.6 Å². The van der Waals surface area contributed by atoms with Gasteiger partial charge in [0.15, 0.2) is 0 Å². The number of benzene rings is 1. The number of thiol groups is 1. The van der Waals surface area contributed by atoms with Crippen molar-refractivity contribution >= 4 is 24.4 Å². The van der Waals surface area contributed by atoms with Gasteiger partial charge in [0.2, 0.25) is 0 Å². The van der Waals surface area contributed by atoms with Gasteiger partial charge in [0.1, 0.15) is 5.82 Å². The molecular formula is C15H21FS2. The molecule has 1 aromatic rings. The first-order chi connectivity index (χ1) is 8.74. The van der Waals surface area contributed by atoms with Crippen LogP contribution < -0.4 is 0 Å². The first-order valence-electron chi connectivity index (χ1n) is 6.73. The van der Waals surface area contributed by atoms with Crippen molar-refractivity contribution in [2.75, 3.05) is 11.5 Å². The molecule has 0 aliphatic heterocycles. The Morgan fingerprint density at radius 3 is 2.50 bits per heavy atom. The fourth-order valence-corrected chi connectivity index (χ4v) is 4.43. The number of rotatable bonds is 4. The summed E-state index contributed by atoms with van der Waals surface area (Å²) < 4.78 is 13.1. The Labute approximate surface area is 119 Å². The molecule has 0 heterocycles. The zero-order valence-corrected chi connectivity index (χ0v) is 12.4. The van der Waals surface area contributed by atoms with Crippen molar-refractivity contribution < 1.29 is 4.39 Å². The highest BCUT2D eigenvalue weighted by molar-refractivity contribution is 7.99. The number of thioether (sulfide) groups is 1. The number of hydrogen-bond acceptors (Lipinski definition) is 2. The lowest BCUT2D eigenvalue weighted by molar-refractivity contribution is 0.332. The lowest BCUT2D eigenvalue weighted by Gasteiger charge is -2.30. The van der Waals surface area contributed by atoms with Crippen molar-refractivity contribution in [2.45, 2.75) is 43.4 Å².